The molecule has 1 aliphatic heterocycles. The number of fused-ring (bicyclic) bond motifs is 1. The van der Waals surface area contributed by atoms with Crippen LogP contribution in [0.25, 0.3) is 10.2 Å². The van der Waals surface area contributed by atoms with Crippen LogP contribution in [0.15, 0.2) is 48.5 Å². The van der Waals surface area contributed by atoms with Gasteiger partial charge in [-0.05, 0) is 49.1 Å². The number of amides is 2. The summed E-state index contributed by atoms with van der Waals surface area (Å²) in [4.78, 5) is 34.5. The molecule has 0 unspecified atom stereocenters. The first-order chi connectivity index (χ1) is 15.0. The van der Waals surface area contributed by atoms with Crippen molar-refractivity contribution in [3.8, 4) is 0 Å². The van der Waals surface area contributed by atoms with Crippen LogP contribution in [0.1, 0.15) is 39.2 Å². The summed E-state index contributed by atoms with van der Waals surface area (Å²) in [5, 5.41) is 0.705. The van der Waals surface area contributed by atoms with Crippen molar-refractivity contribution in [2.45, 2.75) is 40.0 Å². The fourth-order valence-corrected chi connectivity index (χ4v) is 5.06. The van der Waals surface area contributed by atoms with Crippen molar-refractivity contribution < 1.29 is 9.59 Å². The van der Waals surface area contributed by atoms with E-state index >= 15 is 0 Å². The number of anilines is 2. The van der Waals surface area contributed by atoms with E-state index in [2.05, 4.69) is 19.1 Å². The lowest BCUT2D eigenvalue weighted by Crippen LogP contribution is -2.44. The number of aromatic nitrogens is 1. The molecule has 0 bridgehead atoms. The molecule has 1 aliphatic rings. The van der Waals surface area contributed by atoms with Gasteiger partial charge in [-0.25, -0.2) is 4.98 Å². The second-order valence-electron chi connectivity index (χ2n) is 8.41. The molecule has 1 saturated heterocycles. The zero-order valence-electron chi connectivity index (χ0n) is 18.4. The lowest BCUT2D eigenvalue weighted by atomic mass is 9.94. The van der Waals surface area contributed by atoms with Gasteiger partial charge in [-0.15, -0.1) is 0 Å². The number of aryl methyl sites for hydroxylation is 1. The van der Waals surface area contributed by atoms with Crippen molar-refractivity contribution in [3.05, 3.63) is 54.1 Å². The van der Waals surface area contributed by atoms with Gasteiger partial charge in [0, 0.05) is 24.9 Å². The second-order valence-corrected chi connectivity index (χ2v) is 9.42. The van der Waals surface area contributed by atoms with Crippen LogP contribution < -0.4 is 4.90 Å². The lowest BCUT2D eigenvalue weighted by molar-refractivity contribution is -0.137. The third-order valence-electron chi connectivity index (χ3n) is 5.95. The summed E-state index contributed by atoms with van der Waals surface area (Å²) < 4.78 is 1.07. The summed E-state index contributed by atoms with van der Waals surface area (Å²) in [5.74, 6) is 0.113. The number of benzene rings is 2. The molecule has 6 heteroatoms. The Morgan fingerprint density at radius 2 is 1.77 bits per heavy atom. The number of nitrogens with zero attached hydrogens (tertiary/aromatic N) is 3. The maximum atomic E-state index is 13.7. The summed E-state index contributed by atoms with van der Waals surface area (Å²) in [6, 6.07) is 16.2. The summed E-state index contributed by atoms with van der Waals surface area (Å²) in [6.07, 6.45) is 2.33. The van der Waals surface area contributed by atoms with E-state index in [1.54, 1.807) is 16.2 Å². The van der Waals surface area contributed by atoms with E-state index in [0.29, 0.717) is 31.1 Å². The Kier molecular flexibility index (Phi) is 6.37. The average molecular weight is 436 g/mol. The molecule has 0 spiro atoms. The molecular weight excluding hydrogens is 406 g/mol. The topological polar surface area (TPSA) is 53.5 Å². The molecule has 0 radical (unpaired) electrons. The average Bonchev–Trinajstić information content (AvgIpc) is 3.22. The number of rotatable bonds is 5. The Labute approximate surface area is 187 Å². The van der Waals surface area contributed by atoms with Gasteiger partial charge < -0.3 is 4.90 Å². The van der Waals surface area contributed by atoms with Crippen LogP contribution in [-0.2, 0) is 16.0 Å². The Hall–Kier alpha value is -2.73. The Bertz CT molecular complexity index is 1030. The largest absolute Gasteiger partial charge is 0.342 e. The third-order valence-corrected chi connectivity index (χ3v) is 6.97. The summed E-state index contributed by atoms with van der Waals surface area (Å²) in [5.41, 5.74) is 2.99. The first-order valence-corrected chi connectivity index (χ1v) is 11.9. The van der Waals surface area contributed by atoms with Crippen LogP contribution in [0.4, 0.5) is 10.8 Å². The van der Waals surface area contributed by atoms with Gasteiger partial charge in [0.05, 0.1) is 15.9 Å². The zero-order valence-corrected chi connectivity index (χ0v) is 19.2. The van der Waals surface area contributed by atoms with Crippen LogP contribution >= 0.6 is 11.3 Å². The van der Waals surface area contributed by atoms with E-state index in [0.717, 1.165) is 22.3 Å². The minimum absolute atomic E-state index is 0.0106. The van der Waals surface area contributed by atoms with E-state index in [4.69, 9.17) is 4.98 Å². The molecule has 31 heavy (non-hydrogen) atoms. The Morgan fingerprint density at radius 3 is 2.39 bits per heavy atom. The monoisotopic (exact) mass is 435 g/mol. The highest BCUT2D eigenvalue weighted by molar-refractivity contribution is 7.22. The number of piperidine rings is 1. The van der Waals surface area contributed by atoms with Gasteiger partial charge >= 0.3 is 0 Å². The minimum atomic E-state index is -0.117. The SMILES string of the molecule is CCc1ccc(N(C(=O)C2CCN(C(=O)C(C)C)CC2)c2nc3ccccc3s2)cc1. The summed E-state index contributed by atoms with van der Waals surface area (Å²) >= 11 is 1.54. The zero-order chi connectivity index (χ0) is 22.0. The predicted octanol–water partition coefficient (Wildman–Crippen LogP) is 5.42. The standard InChI is InChI=1S/C25H29N3O2S/c1-4-18-9-11-20(12-10-18)28(25-26-21-7-5-6-8-22(21)31-25)24(30)19-13-15-27(16-14-19)23(29)17(2)3/h5-12,17,19H,4,13-16H2,1-3H3. The number of carbonyl (C=O) groups excluding carboxylic acids is 2. The molecule has 2 aromatic carbocycles. The van der Waals surface area contributed by atoms with Gasteiger partial charge in [0.15, 0.2) is 5.13 Å². The van der Waals surface area contributed by atoms with Gasteiger partial charge in [0.25, 0.3) is 0 Å². The molecule has 162 valence electrons. The molecule has 0 N–H and O–H groups in total. The summed E-state index contributed by atoms with van der Waals surface area (Å²) in [7, 11) is 0. The fourth-order valence-electron chi connectivity index (χ4n) is 4.06. The van der Waals surface area contributed by atoms with E-state index < -0.39 is 0 Å². The first-order valence-electron chi connectivity index (χ1n) is 11.0. The quantitative estimate of drug-likeness (QED) is 0.538. The van der Waals surface area contributed by atoms with Crippen molar-refractivity contribution in [2.24, 2.45) is 11.8 Å². The maximum absolute atomic E-state index is 13.7. The van der Waals surface area contributed by atoms with Crippen LogP contribution in [0.3, 0.4) is 0 Å². The maximum Gasteiger partial charge on any atom is 0.236 e. The fraction of sp³-hybridized carbons (Fsp3) is 0.400. The molecule has 2 amide bonds. The van der Waals surface area contributed by atoms with Crippen molar-refractivity contribution >= 4 is 44.2 Å². The van der Waals surface area contributed by atoms with Crippen LogP contribution in [0, 0.1) is 11.8 Å². The molecule has 3 aromatic rings. The molecule has 0 aliphatic carbocycles. The molecule has 5 nitrogen and oxygen atoms in total. The Balaban J connectivity index is 1.62. The van der Waals surface area contributed by atoms with E-state index in [-0.39, 0.29) is 23.7 Å². The van der Waals surface area contributed by atoms with Gasteiger partial charge in [0.2, 0.25) is 11.8 Å². The number of hydrogen-bond acceptors (Lipinski definition) is 4. The molecule has 0 saturated carbocycles. The highest BCUT2D eigenvalue weighted by Gasteiger charge is 2.33. The van der Waals surface area contributed by atoms with Crippen molar-refractivity contribution in [2.75, 3.05) is 18.0 Å². The highest BCUT2D eigenvalue weighted by atomic mass is 32.1. The van der Waals surface area contributed by atoms with Gasteiger partial charge in [-0.3, -0.25) is 14.5 Å². The van der Waals surface area contributed by atoms with Gasteiger partial charge in [0.1, 0.15) is 0 Å². The first kappa shape index (κ1) is 21.5. The second kappa shape index (κ2) is 9.18. The predicted molar refractivity (Wildman–Crippen MR) is 127 cm³/mol. The van der Waals surface area contributed by atoms with Gasteiger partial charge in [-0.1, -0.05) is 56.4 Å². The minimum Gasteiger partial charge on any atom is -0.342 e. The normalized spacial score (nSPS) is 14.9. The Morgan fingerprint density at radius 1 is 1.10 bits per heavy atom. The number of hydrogen-bond donors (Lipinski definition) is 0. The molecule has 1 fully saturated rings. The number of thiazole rings is 1. The van der Waals surface area contributed by atoms with Gasteiger partial charge in [-0.2, -0.15) is 0 Å². The smallest absolute Gasteiger partial charge is 0.236 e. The van der Waals surface area contributed by atoms with E-state index in [1.807, 2.05) is 55.1 Å². The van der Waals surface area contributed by atoms with Crippen LogP contribution in [0.5, 0.6) is 0 Å². The lowest BCUT2D eigenvalue weighted by Gasteiger charge is -2.34. The van der Waals surface area contributed by atoms with Crippen LogP contribution in [-0.4, -0.2) is 34.8 Å². The number of likely N-dealkylation sites (tertiary alicyclic amines) is 1. The third kappa shape index (κ3) is 4.49. The van der Waals surface area contributed by atoms with Crippen molar-refractivity contribution in [1.82, 2.24) is 9.88 Å². The highest BCUT2D eigenvalue weighted by Crippen LogP contribution is 2.36. The van der Waals surface area contributed by atoms with Crippen molar-refractivity contribution in [3.63, 3.8) is 0 Å². The van der Waals surface area contributed by atoms with Crippen molar-refractivity contribution in [1.29, 1.82) is 0 Å². The number of carbonyl (C=O) groups is 2. The van der Waals surface area contributed by atoms with Crippen LogP contribution in [0.2, 0.25) is 0 Å². The molecular formula is C25H29N3O2S. The molecule has 1 aromatic heterocycles. The summed E-state index contributed by atoms with van der Waals surface area (Å²) in [6.45, 7) is 7.24. The van der Waals surface area contributed by atoms with E-state index in [9.17, 15) is 9.59 Å². The molecule has 0 atom stereocenters. The molecule has 4 rings (SSSR count). The number of para-hydroxylation sites is 1. The molecule has 2 heterocycles. The van der Waals surface area contributed by atoms with E-state index in [1.165, 1.54) is 5.56 Å².